The molecule has 0 aliphatic heterocycles. The van der Waals surface area contributed by atoms with Crippen molar-refractivity contribution in [1.82, 2.24) is 0 Å². The zero-order chi connectivity index (χ0) is 16.7. The second kappa shape index (κ2) is 11.2. The van der Waals surface area contributed by atoms with E-state index in [1.807, 2.05) is 28.1 Å². The highest BCUT2D eigenvalue weighted by atomic mass is 31.2. The molecule has 7 nitrogen and oxygen atoms in total. The van der Waals surface area contributed by atoms with Gasteiger partial charge in [-0.25, -0.2) is 0 Å². The van der Waals surface area contributed by atoms with E-state index in [9.17, 15) is 14.3 Å². The van der Waals surface area contributed by atoms with Gasteiger partial charge < -0.3 is 23.2 Å². The number of hydrogen-bond acceptors (Lipinski definition) is 6. The molecule has 23 heavy (non-hydrogen) atoms. The molecular weight excluding hydrogens is 321 g/mol. The van der Waals surface area contributed by atoms with Crippen molar-refractivity contribution in [3.63, 3.8) is 0 Å². The fourth-order valence-electron chi connectivity index (χ4n) is 1.09. The smallest absolute Gasteiger partial charge is 0.311 e. The van der Waals surface area contributed by atoms with E-state index in [1.165, 1.54) is 0 Å². The molecular formula is C15H36NO6P. The first-order chi connectivity index (χ1) is 9.40. The van der Waals surface area contributed by atoms with Gasteiger partial charge in [-0.1, -0.05) is 21.8 Å². The second-order valence-corrected chi connectivity index (χ2v) is 7.91. The van der Waals surface area contributed by atoms with Gasteiger partial charge in [-0.2, -0.15) is 0 Å². The van der Waals surface area contributed by atoms with Crippen LogP contribution in [-0.4, -0.2) is 58.0 Å². The lowest BCUT2D eigenvalue weighted by Gasteiger charge is -2.27. The molecule has 8 heteroatoms. The number of phosphoric acid groups is 1. The van der Waals surface area contributed by atoms with E-state index in [0.29, 0.717) is 17.4 Å². The molecule has 1 unspecified atom stereocenters. The number of nitrogens with zero attached hydrogens (tertiary/aromatic N) is 1. The summed E-state index contributed by atoms with van der Waals surface area (Å²) in [6, 6.07) is 0. The van der Waals surface area contributed by atoms with Gasteiger partial charge in [0, 0.05) is 0 Å². The summed E-state index contributed by atoms with van der Waals surface area (Å²) in [7, 11) is 1.44. The minimum atomic E-state index is -4.34. The number of rotatable bonds is 10. The number of ether oxygens (including phenoxy) is 1. The Hall–Kier alpha value is -0.460. The van der Waals surface area contributed by atoms with E-state index < -0.39 is 13.2 Å². The summed E-state index contributed by atoms with van der Waals surface area (Å²) < 4.78 is 26.4. The fraction of sp³-hybridized carbons (Fsp3) is 0.933. The predicted molar refractivity (Wildman–Crippen MR) is 90.9 cm³/mol. The van der Waals surface area contributed by atoms with Crippen LogP contribution in [0, 0.1) is 5.41 Å². The summed E-state index contributed by atoms with van der Waals surface area (Å²) >= 11 is 0. The van der Waals surface area contributed by atoms with Gasteiger partial charge in [0.05, 0.1) is 33.2 Å². The summed E-state index contributed by atoms with van der Waals surface area (Å²) in [6.45, 7) is 5.64. The third-order valence-corrected chi connectivity index (χ3v) is 4.01. The summed E-state index contributed by atoms with van der Waals surface area (Å²) in [4.78, 5) is 23.1. The van der Waals surface area contributed by atoms with Crippen LogP contribution in [0.3, 0.4) is 0 Å². The zero-order valence-electron chi connectivity index (χ0n) is 13.9. The van der Waals surface area contributed by atoms with Crippen molar-refractivity contribution >= 4 is 13.8 Å². The maximum atomic E-state index is 11.6. The summed E-state index contributed by atoms with van der Waals surface area (Å²) in [5.74, 6) is -0.375. The Morgan fingerprint density at radius 3 is 2.00 bits per heavy atom. The molecule has 0 aromatic heterocycles. The Morgan fingerprint density at radius 1 is 1.09 bits per heavy atom. The highest BCUT2D eigenvalue weighted by Gasteiger charge is 2.27. The summed E-state index contributed by atoms with van der Waals surface area (Å²) in [6.07, 6.45) is 0.640. The monoisotopic (exact) mass is 357 g/mol. The normalized spacial score (nSPS) is 14.2. The van der Waals surface area contributed by atoms with Crippen LogP contribution in [0.5, 0.6) is 0 Å². The predicted octanol–water partition coefficient (Wildman–Crippen LogP) is 2.45. The number of likely N-dealkylation sites (N-methyl/N-ethyl adjacent to an activating group) is 1. The van der Waals surface area contributed by atoms with Crippen molar-refractivity contribution in [3.05, 3.63) is 0 Å². The van der Waals surface area contributed by atoms with E-state index in [1.54, 1.807) is 13.8 Å². The molecule has 1 atom stereocenters. The van der Waals surface area contributed by atoms with Crippen LogP contribution in [0.25, 0.3) is 0 Å². The van der Waals surface area contributed by atoms with Crippen LogP contribution in [0.1, 0.15) is 42.0 Å². The Balaban J connectivity index is -0.00000200. The Bertz CT molecular complexity index is 379. The average Bonchev–Trinajstić information content (AvgIpc) is 2.32. The molecule has 0 aliphatic rings. The van der Waals surface area contributed by atoms with Crippen LogP contribution in [0.15, 0.2) is 0 Å². The Kier molecular flexibility index (Phi) is 13.3. The van der Waals surface area contributed by atoms with Crippen molar-refractivity contribution in [2.45, 2.75) is 42.0 Å². The zero-order valence-corrected chi connectivity index (χ0v) is 14.8. The molecule has 0 rings (SSSR count). The summed E-state index contributed by atoms with van der Waals surface area (Å²) in [5.41, 5.74) is -0.581. The molecule has 0 heterocycles. The van der Waals surface area contributed by atoms with Gasteiger partial charge in [0.25, 0.3) is 7.82 Å². The maximum absolute atomic E-state index is 11.6. The van der Waals surface area contributed by atoms with Crippen molar-refractivity contribution in [1.29, 1.82) is 0 Å². The van der Waals surface area contributed by atoms with Crippen LogP contribution in [0.4, 0.5) is 0 Å². The Labute approximate surface area is 142 Å². The first-order valence-corrected chi connectivity index (χ1v) is 8.43. The number of quaternary nitrogens is 1. The first kappa shape index (κ1) is 27.4. The van der Waals surface area contributed by atoms with E-state index in [0.717, 1.165) is 0 Å². The fourth-order valence-corrected chi connectivity index (χ4v) is 1.76. The Morgan fingerprint density at radius 2 is 1.57 bits per heavy atom. The third-order valence-electron chi connectivity index (χ3n) is 3.01. The lowest BCUT2D eigenvalue weighted by Crippen LogP contribution is -2.37. The van der Waals surface area contributed by atoms with Crippen LogP contribution >= 0.6 is 7.82 Å². The summed E-state index contributed by atoms with van der Waals surface area (Å²) in [5, 5.41) is 0. The van der Waals surface area contributed by atoms with Gasteiger partial charge in [-0.05, 0) is 20.3 Å². The van der Waals surface area contributed by atoms with E-state index in [2.05, 4.69) is 4.52 Å². The van der Waals surface area contributed by atoms with Crippen LogP contribution < -0.4 is 4.89 Å². The second-order valence-electron chi connectivity index (χ2n) is 6.50. The van der Waals surface area contributed by atoms with Gasteiger partial charge in [0.15, 0.2) is 0 Å². The molecule has 0 spiro atoms. The third kappa shape index (κ3) is 13.7. The molecule has 0 radical (unpaired) electrons. The van der Waals surface area contributed by atoms with Crippen molar-refractivity contribution in [2.75, 3.05) is 47.5 Å². The topological polar surface area (TPSA) is 84.9 Å². The SMILES string of the molecule is C.C.CCC(C)(C)C(=O)OCCOP(=O)([O-])OCC[N+](C)(C)C. The highest BCUT2D eigenvalue weighted by molar-refractivity contribution is 7.45. The maximum Gasteiger partial charge on any atom is 0.311 e. The largest absolute Gasteiger partial charge is 0.756 e. The number of hydrogen-bond donors (Lipinski definition) is 0. The quantitative estimate of drug-likeness (QED) is 0.258. The van der Waals surface area contributed by atoms with Crippen molar-refractivity contribution in [2.24, 2.45) is 5.41 Å². The van der Waals surface area contributed by atoms with E-state index in [-0.39, 0.29) is 40.6 Å². The molecule has 0 aliphatic carbocycles. The molecule has 0 aromatic carbocycles. The molecule has 0 saturated heterocycles. The van der Waals surface area contributed by atoms with Gasteiger partial charge in [-0.3, -0.25) is 9.36 Å². The van der Waals surface area contributed by atoms with E-state index in [4.69, 9.17) is 9.26 Å². The molecule has 142 valence electrons. The number of carbonyl (C=O) groups is 1. The number of phosphoric ester groups is 1. The molecule has 0 N–H and O–H groups in total. The lowest BCUT2D eigenvalue weighted by molar-refractivity contribution is -0.870. The van der Waals surface area contributed by atoms with Gasteiger partial charge >= 0.3 is 5.97 Å². The van der Waals surface area contributed by atoms with Crippen LogP contribution in [0.2, 0.25) is 0 Å². The lowest BCUT2D eigenvalue weighted by atomic mass is 9.91. The minimum absolute atomic E-state index is 0. The molecule has 0 fully saturated rings. The van der Waals surface area contributed by atoms with Gasteiger partial charge in [-0.15, -0.1) is 0 Å². The molecule has 0 amide bonds. The minimum Gasteiger partial charge on any atom is -0.756 e. The molecule has 0 aromatic rings. The standard InChI is InChI=1S/C13H28NO6P.2CH4/c1-7-13(2,3)12(15)18-10-11-20-21(16,17)19-9-8-14(4,5)6;;/h7-11H2,1-6H3;2*1H4. The average molecular weight is 357 g/mol. The number of carbonyl (C=O) groups excluding carboxylic acids is 1. The number of esters is 1. The molecule has 0 saturated carbocycles. The van der Waals surface area contributed by atoms with Crippen molar-refractivity contribution in [3.8, 4) is 0 Å². The van der Waals surface area contributed by atoms with Crippen LogP contribution in [-0.2, 0) is 23.1 Å². The first-order valence-electron chi connectivity index (χ1n) is 6.97. The van der Waals surface area contributed by atoms with Gasteiger partial charge in [0.1, 0.15) is 19.8 Å². The molecule has 0 bridgehead atoms. The highest BCUT2D eigenvalue weighted by Crippen LogP contribution is 2.37. The van der Waals surface area contributed by atoms with E-state index >= 15 is 0 Å². The van der Waals surface area contributed by atoms with Crippen molar-refractivity contribution < 1.29 is 32.5 Å². The van der Waals surface area contributed by atoms with Gasteiger partial charge in [0.2, 0.25) is 0 Å².